The first kappa shape index (κ1) is 22.9. The van der Waals surface area contributed by atoms with Gasteiger partial charge in [-0.15, -0.1) is 4.99 Å². The predicted molar refractivity (Wildman–Crippen MR) is 118 cm³/mol. The molecule has 8 nitrogen and oxygen atoms in total. The zero-order chi connectivity index (χ0) is 21.9. The van der Waals surface area contributed by atoms with E-state index in [1.165, 1.54) is 25.1 Å². The van der Waals surface area contributed by atoms with Crippen molar-refractivity contribution >= 4 is 17.6 Å². The molecule has 0 saturated carbocycles. The minimum Gasteiger partial charge on any atom is -0.355 e. The van der Waals surface area contributed by atoms with Gasteiger partial charge >= 0.3 is 0 Å². The van der Waals surface area contributed by atoms with Gasteiger partial charge in [-0.05, 0) is 50.6 Å². The van der Waals surface area contributed by atoms with Crippen molar-refractivity contribution in [1.29, 1.82) is 5.26 Å². The van der Waals surface area contributed by atoms with Crippen LogP contribution in [0.3, 0.4) is 0 Å². The van der Waals surface area contributed by atoms with Gasteiger partial charge in [-0.2, -0.15) is 9.65 Å². The first-order valence-corrected chi connectivity index (χ1v) is 11.3. The number of amides is 1. The van der Waals surface area contributed by atoms with Crippen molar-refractivity contribution in [2.45, 2.75) is 57.4 Å². The number of likely N-dealkylation sites (tertiary alicyclic amines) is 1. The lowest BCUT2D eigenvalue weighted by atomic mass is 10.00. The quantitative estimate of drug-likeness (QED) is 0.183. The average molecular weight is 430 g/mol. The molecule has 9 heteroatoms. The van der Waals surface area contributed by atoms with E-state index in [4.69, 9.17) is 5.26 Å². The molecule has 2 unspecified atom stereocenters. The van der Waals surface area contributed by atoms with Crippen molar-refractivity contribution in [3.05, 3.63) is 24.3 Å². The highest BCUT2D eigenvalue weighted by atomic mass is 19.1. The summed E-state index contributed by atoms with van der Waals surface area (Å²) >= 11 is 0. The molecule has 0 bridgehead atoms. The zero-order valence-electron chi connectivity index (χ0n) is 17.9. The molecule has 31 heavy (non-hydrogen) atoms. The van der Waals surface area contributed by atoms with Crippen LogP contribution in [0.1, 0.15) is 51.4 Å². The van der Waals surface area contributed by atoms with Gasteiger partial charge < -0.3 is 20.9 Å². The van der Waals surface area contributed by atoms with E-state index in [0.29, 0.717) is 30.0 Å². The number of carbonyl (C=O) groups is 1. The summed E-state index contributed by atoms with van der Waals surface area (Å²) in [6, 6.07) is 2.91. The lowest BCUT2D eigenvalue weighted by molar-refractivity contribution is -0.132. The molecule has 2 aliphatic rings. The molecule has 0 spiro atoms. The fourth-order valence-electron chi connectivity index (χ4n) is 4.28. The Bertz CT molecular complexity index is 788. The second kappa shape index (κ2) is 12.2. The largest absolute Gasteiger partial charge is 0.355 e. The van der Waals surface area contributed by atoms with E-state index in [2.05, 4.69) is 30.8 Å². The maximum atomic E-state index is 13.2. The Balaban J connectivity index is 1.25. The van der Waals surface area contributed by atoms with Crippen LogP contribution < -0.4 is 16.0 Å². The molecule has 3 rings (SSSR count). The van der Waals surface area contributed by atoms with Crippen LogP contribution in [0.2, 0.25) is 0 Å². The number of aliphatic imine (C=N–C) groups is 1. The number of nitriles is 1. The molecule has 1 aromatic rings. The topological polar surface area (TPSA) is 105 Å². The number of rotatable bonds is 9. The van der Waals surface area contributed by atoms with Crippen LogP contribution in [0.25, 0.3) is 0 Å². The molecule has 3 N–H and O–H groups in total. The van der Waals surface area contributed by atoms with Gasteiger partial charge in [-0.25, -0.2) is 4.98 Å². The molecule has 1 amide bonds. The molecule has 2 fully saturated rings. The molecule has 0 radical (unpaired) electrons. The number of hydrogen-bond donors (Lipinski definition) is 3. The van der Waals surface area contributed by atoms with Gasteiger partial charge in [0.1, 0.15) is 0 Å². The minimum absolute atomic E-state index is 0.0489. The molecular weight excluding hydrogens is 397 g/mol. The number of hydrogen-bond acceptors (Lipinski definition) is 5. The Kier molecular flexibility index (Phi) is 9.03. The standard InChI is InChI=1S/C22H32FN7O/c23-20-14-18(8-12-26-20)29-22(28-16-24)27-10-4-2-1-3-6-17-9-13-30(15-17)21(31)19-7-5-11-25-19/h8,12,14,17,19,25H,1-7,9-11,13,15H2,(H2,26,27,28,29). The van der Waals surface area contributed by atoms with Crippen LogP contribution >= 0.6 is 0 Å². The Morgan fingerprint density at radius 3 is 3.00 bits per heavy atom. The monoisotopic (exact) mass is 429 g/mol. The molecule has 2 aliphatic heterocycles. The lowest BCUT2D eigenvalue weighted by Gasteiger charge is -2.20. The fourth-order valence-corrected chi connectivity index (χ4v) is 4.28. The maximum Gasteiger partial charge on any atom is 0.239 e. The second-order valence-electron chi connectivity index (χ2n) is 8.27. The summed E-state index contributed by atoms with van der Waals surface area (Å²) in [4.78, 5) is 21.7. The predicted octanol–water partition coefficient (Wildman–Crippen LogP) is 2.61. The van der Waals surface area contributed by atoms with E-state index in [1.54, 1.807) is 12.3 Å². The van der Waals surface area contributed by atoms with Crippen LogP contribution in [-0.2, 0) is 4.79 Å². The van der Waals surface area contributed by atoms with Crippen LogP contribution in [0, 0.1) is 23.3 Å². The highest BCUT2D eigenvalue weighted by molar-refractivity contribution is 5.94. The number of halogens is 1. The van der Waals surface area contributed by atoms with Crippen LogP contribution in [-0.4, -0.2) is 54.0 Å². The van der Waals surface area contributed by atoms with Gasteiger partial charge in [-0.1, -0.05) is 19.3 Å². The third-order valence-corrected chi connectivity index (χ3v) is 5.94. The first-order chi connectivity index (χ1) is 15.2. The number of nitrogens with one attached hydrogen (secondary N) is 3. The van der Waals surface area contributed by atoms with E-state index >= 15 is 0 Å². The van der Waals surface area contributed by atoms with E-state index in [9.17, 15) is 9.18 Å². The molecule has 3 heterocycles. The highest BCUT2D eigenvalue weighted by Crippen LogP contribution is 2.24. The fraction of sp³-hybridized carbons (Fsp3) is 0.636. The number of nitrogens with zero attached hydrogens (tertiary/aromatic N) is 4. The SMILES string of the molecule is N#C/N=C(/NCCCCCCC1CCN(C(=O)C2CCCN2)C1)Nc1ccnc(F)c1. The summed E-state index contributed by atoms with van der Waals surface area (Å²) in [6.07, 6.45) is 11.8. The summed E-state index contributed by atoms with van der Waals surface area (Å²) in [5, 5.41) is 18.1. The molecule has 1 aromatic heterocycles. The Labute approximate surface area is 183 Å². The number of unbranched alkanes of at least 4 members (excludes halogenated alkanes) is 3. The van der Waals surface area contributed by atoms with Crippen LogP contribution in [0.4, 0.5) is 10.1 Å². The van der Waals surface area contributed by atoms with Gasteiger partial charge in [0, 0.05) is 37.6 Å². The summed E-state index contributed by atoms with van der Waals surface area (Å²) in [7, 11) is 0. The number of guanidine groups is 1. The third kappa shape index (κ3) is 7.47. The van der Waals surface area contributed by atoms with E-state index in [0.717, 1.165) is 58.2 Å². The van der Waals surface area contributed by atoms with Crippen molar-refractivity contribution < 1.29 is 9.18 Å². The van der Waals surface area contributed by atoms with E-state index in [1.807, 2.05) is 0 Å². The zero-order valence-corrected chi connectivity index (χ0v) is 17.9. The summed E-state index contributed by atoms with van der Waals surface area (Å²) < 4.78 is 13.2. The lowest BCUT2D eigenvalue weighted by Crippen LogP contribution is -2.42. The normalized spacial score (nSPS) is 21.2. The number of aromatic nitrogens is 1. The van der Waals surface area contributed by atoms with Crippen molar-refractivity contribution in [2.75, 3.05) is 31.5 Å². The molecule has 168 valence electrons. The molecule has 0 aromatic carbocycles. The van der Waals surface area contributed by atoms with Crippen molar-refractivity contribution in [2.24, 2.45) is 10.9 Å². The van der Waals surface area contributed by atoms with Gasteiger partial charge in [0.25, 0.3) is 0 Å². The number of anilines is 1. The van der Waals surface area contributed by atoms with Crippen molar-refractivity contribution in [3.63, 3.8) is 0 Å². The number of pyridine rings is 1. The highest BCUT2D eigenvalue weighted by Gasteiger charge is 2.31. The maximum absolute atomic E-state index is 13.2. The summed E-state index contributed by atoms with van der Waals surface area (Å²) in [5.74, 6) is 0.638. The second-order valence-corrected chi connectivity index (χ2v) is 8.27. The molecule has 2 atom stereocenters. The van der Waals surface area contributed by atoms with Crippen LogP contribution in [0.15, 0.2) is 23.3 Å². The summed E-state index contributed by atoms with van der Waals surface area (Å²) in [6.45, 7) is 3.46. The van der Waals surface area contributed by atoms with E-state index < -0.39 is 5.95 Å². The van der Waals surface area contributed by atoms with Gasteiger partial charge in [-0.3, -0.25) is 4.79 Å². The Morgan fingerprint density at radius 1 is 1.35 bits per heavy atom. The Hall–Kier alpha value is -2.73. The van der Waals surface area contributed by atoms with E-state index in [-0.39, 0.29) is 6.04 Å². The van der Waals surface area contributed by atoms with Crippen molar-refractivity contribution in [3.8, 4) is 6.19 Å². The first-order valence-electron chi connectivity index (χ1n) is 11.3. The van der Waals surface area contributed by atoms with Crippen LogP contribution in [0.5, 0.6) is 0 Å². The van der Waals surface area contributed by atoms with Gasteiger partial charge in [0.15, 0.2) is 0 Å². The van der Waals surface area contributed by atoms with Gasteiger partial charge in [0.2, 0.25) is 24.0 Å². The Morgan fingerprint density at radius 2 is 2.23 bits per heavy atom. The van der Waals surface area contributed by atoms with Crippen molar-refractivity contribution in [1.82, 2.24) is 20.5 Å². The smallest absolute Gasteiger partial charge is 0.239 e. The molecular formula is C22H32FN7O. The number of carbonyl (C=O) groups excluding carboxylic acids is 1. The molecule has 0 aliphatic carbocycles. The summed E-state index contributed by atoms with van der Waals surface area (Å²) in [5.41, 5.74) is 0.488. The third-order valence-electron chi connectivity index (χ3n) is 5.94. The average Bonchev–Trinajstić information content (AvgIpc) is 3.45. The minimum atomic E-state index is -0.591. The molecule has 2 saturated heterocycles. The van der Waals surface area contributed by atoms with Gasteiger partial charge in [0.05, 0.1) is 6.04 Å².